The van der Waals surface area contributed by atoms with Gasteiger partial charge in [-0.2, -0.15) is 0 Å². The monoisotopic (exact) mass is 505 g/mol. The zero-order valence-electron chi connectivity index (χ0n) is 21.6. The minimum absolute atomic E-state index is 0.162. The van der Waals surface area contributed by atoms with Crippen LogP contribution in [0.25, 0.3) is 11.3 Å². The number of carbonyl (C=O) groups excluding carboxylic acids is 1. The number of phenolic OH excluding ortho intramolecular Hbond substituents is 1. The molecule has 194 valence electrons. The Morgan fingerprint density at radius 2 is 1.56 bits per heavy atom. The first-order chi connectivity index (χ1) is 17.1. The van der Waals surface area contributed by atoms with Gasteiger partial charge in [0.05, 0.1) is 23.5 Å². The number of hydrogen-bond donors (Lipinski definition) is 1. The molecule has 0 aliphatic heterocycles. The summed E-state index contributed by atoms with van der Waals surface area (Å²) < 4.78 is 55.1. The molecule has 1 heterocycles. The standard InChI is InChI=1S/C23H19F4N3O2.2C2H6/c1-10-15(19(25)21(27)20(26)18(10)24)9-17(32)30(3)23-11(2)28-22-14-6-5-13(31)8-12(14)4-7-16(22)29-23;2*1-2/h5-6,8,31H,4,7,9H2,1-3H3;2*1-2H3. The van der Waals surface area contributed by atoms with Gasteiger partial charge >= 0.3 is 0 Å². The molecule has 0 unspecified atom stereocenters. The van der Waals surface area contributed by atoms with Crippen molar-refractivity contribution in [2.45, 2.75) is 60.8 Å². The van der Waals surface area contributed by atoms with Gasteiger partial charge in [0.15, 0.2) is 29.1 Å². The molecule has 2 aromatic carbocycles. The lowest BCUT2D eigenvalue weighted by Crippen LogP contribution is -2.31. The topological polar surface area (TPSA) is 66.3 Å². The molecule has 9 heteroatoms. The van der Waals surface area contributed by atoms with Crippen LogP contribution in [-0.2, 0) is 24.1 Å². The normalized spacial score (nSPS) is 11.3. The van der Waals surface area contributed by atoms with Crippen LogP contribution in [0.4, 0.5) is 23.4 Å². The number of phenols is 1. The summed E-state index contributed by atoms with van der Waals surface area (Å²) in [6, 6.07) is 5.00. The van der Waals surface area contributed by atoms with E-state index in [9.17, 15) is 27.5 Å². The van der Waals surface area contributed by atoms with Gasteiger partial charge in [-0.3, -0.25) is 9.69 Å². The van der Waals surface area contributed by atoms with Crippen molar-refractivity contribution in [3.63, 3.8) is 0 Å². The molecule has 3 aromatic rings. The quantitative estimate of drug-likeness (QED) is 0.255. The second-order valence-corrected chi connectivity index (χ2v) is 7.76. The summed E-state index contributed by atoms with van der Waals surface area (Å²) in [4.78, 5) is 23.1. The molecule has 1 aliphatic rings. The Labute approximate surface area is 208 Å². The molecule has 5 nitrogen and oxygen atoms in total. The van der Waals surface area contributed by atoms with Crippen LogP contribution in [0.2, 0.25) is 0 Å². The highest BCUT2D eigenvalue weighted by Gasteiger charge is 2.27. The van der Waals surface area contributed by atoms with E-state index in [0.717, 1.165) is 23.0 Å². The van der Waals surface area contributed by atoms with E-state index in [-0.39, 0.29) is 11.6 Å². The van der Waals surface area contributed by atoms with Crippen LogP contribution in [-0.4, -0.2) is 28.0 Å². The van der Waals surface area contributed by atoms with Gasteiger partial charge in [-0.1, -0.05) is 27.7 Å². The van der Waals surface area contributed by atoms with Crippen molar-refractivity contribution in [3.8, 4) is 17.0 Å². The van der Waals surface area contributed by atoms with Crippen molar-refractivity contribution in [1.82, 2.24) is 9.97 Å². The zero-order valence-corrected chi connectivity index (χ0v) is 21.6. The van der Waals surface area contributed by atoms with Gasteiger partial charge in [-0.25, -0.2) is 27.5 Å². The Morgan fingerprint density at radius 3 is 2.19 bits per heavy atom. The third-order valence-corrected chi connectivity index (χ3v) is 5.74. The number of rotatable bonds is 3. The maximum absolute atomic E-state index is 14.2. The molecule has 0 spiro atoms. The van der Waals surface area contributed by atoms with E-state index >= 15 is 0 Å². The van der Waals surface area contributed by atoms with Crippen LogP contribution in [0, 0.1) is 37.1 Å². The SMILES string of the molecule is CC.CC.Cc1nc2c(nc1N(C)C(=O)Cc1c(C)c(F)c(F)c(F)c1F)CCc1cc(O)ccc1-2. The molecule has 36 heavy (non-hydrogen) atoms. The second kappa shape index (κ2) is 12.0. The van der Waals surface area contributed by atoms with Gasteiger partial charge in [0, 0.05) is 18.2 Å². The van der Waals surface area contributed by atoms with Crippen LogP contribution in [0.1, 0.15) is 55.8 Å². The van der Waals surface area contributed by atoms with Gasteiger partial charge < -0.3 is 5.11 Å². The third kappa shape index (κ3) is 5.34. The van der Waals surface area contributed by atoms with Crippen molar-refractivity contribution >= 4 is 11.7 Å². The Kier molecular flexibility index (Phi) is 9.55. The summed E-state index contributed by atoms with van der Waals surface area (Å²) in [5.41, 5.74) is 2.51. The van der Waals surface area contributed by atoms with E-state index in [1.165, 1.54) is 7.05 Å². The van der Waals surface area contributed by atoms with Crippen molar-refractivity contribution in [3.05, 3.63) is 69.5 Å². The number of benzene rings is 2. The number of aromatic hydroxyl groups is 1. The van der Waals surface area contributed by atoms with E-state index in [4.69, 9.17) is 0 Å². The van der Waals surface area contributed by atoms with Crippen LogP contribution < -0.4 is 4.90 Å². The first-order valence-corrected chi connectivity index (χ1v) is 11.9. The van der Waals surface area contributed by atoms with Crippen molar-refractivity contribution in [1.29, 1.82) is 0 Å². The fourth-order valence-electron chi connectivity index (χ4n) is 3.91. The predicted octanol–water partition coefficient (Wildman–Crippen LogP) is 6.38. The number of amides is 1. The van der Waals surface area contributed by atoms with Gasteiger partial charge in [0.1, 0.15) is 5.75 Å². The van der Waals surface area contributed by atoms with Crippen molar-refractivity contribution < 1.29 is 27.5 Å². The van der Waals surface area contributed by atoms with Gasteiger partial charge in [0.2, 0.25) is 5.91 Å². The first kappa shape index (κ1) is 28.7. The molecular weight excluding hydrogens is 474 g/mol. The Hall–Kier alpha value is -3.49. The van der Waals surface area contributed by atoms with Crippen LogP contribution in [0.15, 0.2) is 18.2 Å². The maximum Gasteiger partial charge on any atom is 0.232 e. The summed E-state index contributed by atoms with van der Waals surface area (Å²) in [5, 5.41) is 9.70. The van der Waals surface area contributed by atoms with Gasteiger partial charge in [0.25, 0.3) is 0 Å². The van der Waals surface area contributed by atoms with E-state index in [1.54, 1.807) is 25.1 Å². The number of fused-ring (bicyclic) bond motifs is 3. The molecule has 1 aromatic heterocycles. The van der Waals surface area contributed by atoms with E-state index < -0.39 is 46.7 Å². The Bertz CT molecular complexity index is 1250. The van der Waals surface area contributed by atoms with Crippen LogP contribution >= 0.6 is 0 Å². The number of aryl methyl sites for hydroxylation is 3. The summed E-state index contributed by atoms with van der Waals surface area (Å²) in [6.07, 6.45) is 0.489. The van der Waals surface area contributed by atoms with Crippen LogP contribution in [0.5, 0.6) is 5.75 Å². The van der Waals surface area contributed by atoms with Crippen molar-refractivity contribution in [2.24, 2.45) is 0 Å². The first-order valence-electron chi connectivity index (χ1n) is 11.9. The number of nitrogens with zero attached hydrogens (tertiary/aromatic N) is 3. The number of carbonyl (C=O) groups is 1. The number of halogens is 4. The largest absolute Gasteiger partial charge is 0.508 e. The molecule has 1 aliphatic carbocycles. The summed E-state index contributed by atoms with van der Waals surface area (Å²) >= 11 is 0. The summed E-state index contributed by atoms with van der Waals surface area (Å²) in [5.74, 6) is -7.26. The molecule has 0 saturated carbocycles. The Balaban J connectivity index is 0.00000109. The molecule has 0 bridgehead atoms. The van der Waals surface area contributed by atoms with Crippen LogP contribution in [0.3, 0.4) is 0 Å². The average Bonchev–Trinajstić information content (AvgIpc) is 2.90. The minimum atomic E-state index is -1.95. The van der Waals surface area contributed by atoms with Crippen molar-refractivity contribution in [2.75, 3.05) is 11.9 Å². The lowest BCUT2D eigenvalue weighted by molar-refractivity contribution is -0.117. The third-order valence-electron chi connectivity index (χ3n) is 5.74. The smallest absolute Gasteiger partial charge is 0.232 e. The molecule has 0 atom stereocenters. The van der Waals surface area contributed by atoms with E-state index in [0.29, 0.717) is 29.9 Å². The lowest BCUT2D eigenvalue weighted by Gasteiger charge is -2.24. The molecule has 0 radical (unpaired) electrons. The number of aromatic nitrogens is 2. The molecule has 0 fully saturated rings. The van der Waals surface area contributed by atoms with Gasteiger partial charge in [-0.15, -0.1) is 0 Å². The highest BCUT2D eigenvalue weighted by molar-refractivity contribution is 5.94. The molecule has 1 N–H and O–H groups in total. The Morgan fingerprint density at radius 1 is 0.944 bits per heavy atom. The number of likely N-dealkylation sites (N-methyl/N-ethyl adjacent to an activating group) is 1. The van der Waals surface area contributed by atoms with E-state index in [1.807, 2.05) is 27.7 Å². The van der Waals surface area contributed by atoms with E-state index in [2.05, 4.69) is 9.97 Å². The minimum Gasteiger partial charge on any atom is -0.508 e. The average molecular weight is 506 g/mol. The molecular formula is C27H31F4N3O2. The summed E-state index contributed by atoms with van der Waals surface area (Å²) in [6.45, 7) is 10.7. The fourth-order valence-corrected chi connectivity index (χ4v) is 3.91. The highest BCUT2D eigenvalue weighted by atomic mass is 19.2. The van der Waals surface area contributed by atoms with Gasteiger partial charge in [-0.05, 0) is 56.0 Å². The zero-order chi connectivity index (χ0) is 27.3. The number of hydrogen-bond acceptors (Lipinski definition) is 4. The molecule has 4 rings (SSSR count). The lowest BCUT2D eigenvalue weighted by atomic mass is 9.91. The molecule has 0 saturated heterocycles. The highest BCUT2D eigenvalue weighted by Crippen LogP contribution is 2.35. The second-order valence-electron chi connectivity index (χ2n) is 7.76. The number of anilines is 1. The fraction of sp³-hybridized carbons (Fsp3) is 0.370. The predicted molar refractivity (Wildman–Crippen MR) is 132 cm³/mol. The maximum atomic E-state index is 14.2. The molecule has 1 amide bonds. The summed E-state index contributed by atoms with van der Waals surface area (Å²) in [7, 11) is 1.41.